The van der Waals surface area contributed by atoms with E-state index in [9.17, 15) is 4.79 Å². The van der Waals surface area contributed by atoms with Gasteiger partial charge in [0.25, 0.3) is 0 Å². The second kappa shape index (κ2) is 9.67. The molecule has 0 bridgehead atoms. The summed E-state index contributed by atoms with van der Waals surface area (Å²) < 4.78 is 0. The summed E-state index contributed by atoms with van der Waals surface area (Å²) in [4.78, 5) is 16.5. The molecule has 2 saturated heterocycles. The Morgan fingerprint density at radius 1 is 1.00 bits per heavy atom. The molecule has 158 valence electrons. The van der Waals surface area contributed by atoms with Gasteiger partial charge >= 0.3 is 0 Å². The predicted molar refractivity (Wildman–Crippen MR) is 124 cm³/mol. The Balaban J connectivity index is 1.35. The summed E-state index contributed by atoms with van der Waals surface area (Å²) in [5, 5.41) is 0.757. The van der Waals surface area contributed by atoms with Crippen LogP contribution in [0, 0.1) is 0 Å². The smallest absolute Gasteiger partial charge is 0.222 e. The number of amides is 1. The largest absolute Gasteiger partial charge is 0.371 e. The van der Waals surface area contributed by atoms with Crippen LogP contribution in [-0.4, -0.2) is 36.5 Å². The molecule has 4 rings (SSSR count). The van der Waals surface area contributed by atoms with Crippen molar-refractivity contribution in [3.63, 3.8) is 0 Å². The first-order valence-electron chi connectivity index (χ1n) is 10.9. The van der Waals surface area contributed by atoms with E-state index in [1.807, 2.05) is 29.2 Å². The number of para-hydroxylation sites is 1. The summed E-state index contributed by atoms with van der Waals surface area (Å²) in [5.74, 6) is 0.281. The molecule has 2 aliphatic rings. The van der Waals surface area contributed by atoms with Gasteiger partial charge in [0.2, 0.25) is 5.91 Å². The number of likely N-dealkylation sites (tertiary alicyclic amines) is 1. The van der Waals surface area contributed by atoms with Crippen LogP contribution in [0.2, 0.25) is 5.02 Å². The quantitative estimate of drug-likeness (QED) is 0.693. The lowest BCUT2D eigenvalue weighted by molar-refractivity contribution is -0.128. The van der Waals surface area contributed by atoms with Crippen LogP contribution >= 0.6 is 11.6 Å². The molecule has 2 fully saturated rings. The molecule has 2 aromatic rings. The number of halogens is 1. The zero-order valence-electron chi connectivity index (χ0n) is 17.4. The fraction of sp³-hybridized carbons (Fsp3) is 0.400. The summed E-state index contributed by atoms with van der Waals surface area (Å²) in [5.41, 5.74) is 11.6. The van der Waals surface area contributed by atoms with Crippen LogP contribution in [0.15, 0.2) is 60.2 Å². The van der Waals surface area contributed by atoms with Gasteiger partial charge in [-0.05, 0) is 55.0 Å². The van der Waals surface area contributed by atoms with E-state index in [1.165, 1.54) is 22.4 Å². The molecule has 2 aliphatic heterocycles. The zero-order valence-corrected chi connectivity index (χ0v) is 18.2. The Kier molecular flexibility index (Phi) is 6.76. The van der Waals surface area contributed by atoms with E-state index in [0.29, 0.717) is 6.42 Å². The van der Waals surface area contributed by atoms with E-state index in [0.717, 1.165) is 56.9 Å². The highest BCUT2D eigenvalue weighted by Crippen LogP contribution is 2.28. The zero-order chi connectivity index (χ0) is 20.9. The molecule has 0 saturated carbocycles. The first-order chi connectivity index (χ1) is 14.6. The minimum absolute atomic E-state index is 0.0289. The second-order valence-corrected chi connectivity index (χ2v) is 8.79. The summed E-state index contributed by atoms with van der Waals surface area (Å²) in [7, 11) is 0. The van der Waals surface area contributed by atoms with Crippen molar-refractivity contribution >= 4 is 23.2 Å². The fourth-order valence-corrected chi connectivity index (χ4v) is 4.61. The summed E-state index contributed by atoms with van der Waals surface area (Å²) >= 11 is 5.97. The topological polar surface area (TPSA) is 49.6 Å². The highest BCUT2D eigenvalue weighted by atomic mass is 35.5. The maximum absolute atomic E-state index is 12.0. The molecule has 1 amide bonds. The normalized spacial score (nSPS) is 18.1. The second-order valence-electron chi connectivity index (χ2n) is 8.35. The SMILES string of the molecule is NC(C=C1CCN(c2ccccc2CN2CCCC2=O)CC1)Cc1ccc(Cl)cc1. The minimum atomic E-state index is 0.0289. The van der Waals surface area contributed by atoms with Gasteiger partial charge in [-0.3, -0.25) is 4.79 Å². The monoisotopic (exact) mass is 423 g/mol. The van der Waals surface area contributed by atoms with E-state index in [-0.39, 0.29) is 11.9 Å². The van der Waals surface area contributed by atoms with Crippen LogP contribution in [0.4, 0.5) is 5.69 Å². The standard InChI is InChI=1S/C25H30ClN3O/c26-22-9-7-19(8-10-22)16-23(27)17-20-11-14-28(15-12-20)24-5-2-1-4-21(24)18-29-13-3-6-25(29)30/h1-2,4-5,7-10,17,23H,3,6,11-16,18,27H2. The van der Waals surface area contributed by atoms with Crippen LogP contribution in [0.3, 0.4) is 0 Å². The molecule has 2 N–H and O–H groups in total. The number of piperidine rings is 1. The van der Waals surface area contributed by atoms with E-state index >= 15 is 0 Å². The average molecular weight is 424 g/mol. The average Bonchev–Trinajstić information content (AvgIpc) is 3.15. The molecule has 0 aromatic heterocycles. The highest BCUT2D eigenvalue weighted by Gasteiger charge is 2.23. The predicted octanol–water partition coefficient (Wildman–Crippen LogP) is 4.56. The highest BCUT2D eigenvalue weighted by molar-refractivity contribution is 6.30. The van der Waals surface area contributed by atoms with Crippen LogP contribution in [-0.2, 0) is 17.8 Å². The summed E-state index contributed by atoms with van der Waals surface area (Å²) in [6.45, 7) is 3.58. The lowest BCUT2D eigenvalue weighted by Gasteiger charge is -2.33. The molecular formula is C25H30ClN3O. The van der Waals surface area contributed by atoms with Crippen molar-refractivity contribution < 1.29 is 4.79 Å². The molecule has 0 radical (unpaired) electrons. The van der Waals surface area contributed by atoms with E-state index in [2.05, 4.69) is 35.2 Å². The Labute approximate surface area is 184 Å². The Bertz CT molecular complexity index is 899. The third-order valence-electron chi connectivity index (χ3n) is 6.10. The number of carbonyl (C=O) groups is 1. The van der Waals surface area contributed by atoms with Gasteiger partial charge in [-0.1, -0.05) is 53.6 Å². The molecular weight excluding hydrogens is 394 g/mol. The molecule has 0 spiro atoms. The van der Waals surface area contributed by atoms with Crippen molar-refractivity contribution in [1.82, 2.24) is 4.90 Å². The van der Waals surface area contributed by atoms with Crippen molar-refractivity contribution in [3.05, 3.63) is 76.3 Å². The molecule has 2 aromatic carbocycles. The first-order valence-corrected chi connectivity index (χ1v) is 11.3. The maximum Gasteiger partial charge on any atom is 0.222 e. The van der Waals surface area contributed by atoms with E-state index < -0.39 is 0 Å². The lowest BCUT2D eigenvalue weighted by Crippen LogP contribution is -2.33. The van der Waals surface area contributed by atoms with Crippen LogP contribution in [0.25, 0.3) is 0 Å². The van der Waals surface area contributed by atoms with Crippen molar-refractivity contribution in [3.8, 4) is 0 Å². The number of hydrogen-bond acceptors (Lipinski definition) is 3. The van der Waals surface area contributed by atoms with Crippen LogP contribution in [0.5, 0.6) is 0 Å². The molecule has 1 atom stereocenters. The number of nitrogens with two attached hydrogens (primary N) is 1. The van der Waals surface area contributed by atoms with Crippen molar-refractivity contribution in [2.24, 2.45) is 5.73 Å². The Hall–Kier alpha value is -2.30. The molecule has 1 unspecified atom stereocenters. The molecule has 0 aliphatic carbocycles. The van der Waals surface area contributed by atoms with Crippen molar-refractivity contribution in [1.29, 1.82) is 0 Å². The lowest BCUT2D eigenvalue weighted by atomic mass is 9.97. The van der Waals surface area contributed by atoms with Gasteiger partial charge in [-0.25, -0.2) is 0 Å². The van der Waals surface area contributed by atoms with Gasteiger partial charge in [-0.15, -0.1) is 0 Å². The molecule has 5 heteroatoms. The van der Waals surface area contributed by atoms with Gasteiger partial charge in [0.1, 0.15) is 0 Å². The number of rotatable bonds is 6. The fourth-order valence-electron chi connectivity index (χ4n) is 4.49. The Morgan fingerprint density at radius 3 is 2.43 bits per heavy atom. The van der Waals surface area contributed by atoms with Crippen LogP contribution in [0.1, 0.15) is 36.8 Å². The summed E-state index contributed by atoms with van der Waals surface area (Å²) in [6.07, 6.45) is 6.82. The van der Waals surface area contributed by atoms with Gasteiger partial charge in [-0.2, -0.15) is 0 Å². The number of carbonyl (C=O) groups excluding carboxylic acids is 1. The Morgan fingerprint density at radius 2 is 1.73 bits per heavy atom. The van der Waals surface area contributed by atoms with Crippen molar-refractivity contribution in [2.45, 2.75) is 44.7 Å². The number of benzene rings is 2. The third kappa shape index (κ3) is 5.24. The first kappa shape index (κ1) is 21.0. The van der Waals surface area contributed by atoms with E-state index in [1.54, 1.807) is 0 Å². The minimum Gasteiger partial charge on any atom is -0.371 e. The summed E-state index contributed by atoms with van der Waals surface area (Å²) in [6, 6.07) is 16.5. The molecule has 2 heterocycles. The van der Waals surface area contributed by atoms with Gasteiger partial charge in [0.15, 0.2) is 0 Å². The van der Waals surface area contributed by atoms with Crippen molar-refractivity contribution in [2.75, 3.05) is 24.5 Å². The number of nitrogens with zero attached hydrogens (tertiary/aromatic N) is 2. The number of hydrogen-bond donors (Lipinski definition) is 1. The van der Waals surface area contributed by atoms with Gasteiger partial charge in [0.05, 0.1) is 0 Å². The van der Waals surface area contributed by atoms with Gasteiger partial charge in [0, 0.05) is 49.4 Å². The number of anilines is 1. The van der Waals surface area contributed by atoms with Crippen LogP contribution < -0.4 is 10.6 Å². The van der Waals surface area contributed by atoms with E-state index in [4.69, 9.17) is 17.3 Å². The van der Waals surface area contributed by atoms with Gasteiger partial charge < -0.3 is 15.5 Å². The third-order valence-corrected chi connectivity index (χ3v) is 6.36. The molecule has 4 nitrogen and oxygen atoms in total. The maximum atomic E-state index is 12.0. The molecule has 30 heavy (non-hydrogen) atoms.